The molecule has 31 heavy (non-hydrogen) atoms. The Balaban J connectivity index is 1.58. The molecule has 0 aliphatic carbocycles. The first-order valence-electron chi connectivity index (χ1n) is 10.0. The summed E-state index contributed by atoms with van der Waals surface area (Å²) >= 11 is 3.28. The number of unbranched alkanes of at least 4 members (excludes halogenated alkanes) is 2. The summed E-state index contributed by atoms with van der Waals surface area (Å²) in [6.07, 6.45) is 3.49. The molecule has 2 aromatic rings. The third-order valence-corrected chi connectivity index (χ3v) is 5.17. The largest absolute Gasteiger partial charge is 0.480 e. The fourth-order valence-corrected chi connectivity index (χ4v) is 3.22. The molecule has 0 bridgehead atoms. The second-order valence-corrected chi connectivity index (χ2v) is 7.67. The number of ether oxygens (including phenoxy) is 1. The van der Waals surface area contributed by atoms with Crippen molar-refractivity contribution in [2.24, 2.45) is 0 Å². The summed E-state index contributed by atoms with van der Waals surface area (Å²) in [5, 5.41) is 14.6. The Bertz CT molecular complexity index is 863. The highest BCUT2D eigenvalue weighted by Crippen LogP contribution is 2.15. The summed E-state index contributed by atoms with van der Waals surface area (Å²) < 4.78 is 5.68. The lowest BCUT2D eigenvalue weighted by atomic mass is 10.1. The van der Waals surface area contributed by atoms with Gasteiger partial charge in [0.25, 0.3) is 0 Å². The van der Waals surface area contributed by atoms with Crippen LogP contribution in [-0.4, -0.2) is 40.6 Å². The normalized spacial score (nSPS) is 11.4. The first kappa shape index (κ1) is 24.3. The zero-order valence-electron chi connectivity index (χ0n) is 17.1. The maximum absolute atomic E-state index is 12.1. The van der Waals surface area contributed by atoms with Gasteiger partial charge >= 0.3 is 12.1 Å². The van der Waals surface area contributed by atoms with Crippen molar-refractivity contribution in [1.29, 1.82) is 0 Å². The molecule has 3 N–H and O–H groups in total. The topological polar surface area (TPSA) is 118 Å². The number of carbonyl (C=O) groups excluding carboxylic acids is 2. The Morgan fingerprint density at radius 2 is 1.84 bits per heavy atom. The number of benzene rings is 1. The average molecular weight is 492 g/mol. The predicted octanol–water partition coefficient (Wildman–Crippen LogP) is 3.44. The number of amides is 2. The summed E-state index contributed by atoms with van der Waals surface area (Å²) in [7, 11) is 0. The summed E-state index contributed by atoms with van der Waals surface area (Å²) in [6.45, 7) is 0.662. The van der Waals surface area contributed by atoms with E-state index in [1.165, 1.54) is 0 Å². The van der Waals surface area contributed by atoms with E-state index in [9.17, 15) is 19.5 Å². The van der Waals surface area contributed by atoms with Gasteiger partial charge < -0.3 is 20.5 Å². The van der Waals surface area contributed by atoms with Gasteiger partial charge in [0.1, 0.15) is 17.3 Å². The van der Waals surface area contributed by atoms with Gasteiger partial charge in [-0.25, -0.2) is 14.6 Å². The lowest BCUT2D eigenvalue weighted by Gasteiger charge is -2.15. The van der Waals surface area contributed by atoms with Crippen molar-refractivity contribution in [2.75, 3.05) is 6.54 Å². The number of hydrogen-bond acceptors (Lipinski definition) is 5. The van der Waals surface area contributed by atoms with Crippen LogP contribution in [0.5, 0.6) is 0 Å². The Morgan fingerprint density at radius 3 is 2.55 bits per heavy atom. The zero-order valence-corrected chi connectivity index (χ0v) is 18.6. The molecule has 0 aliphatic rings. The second-order valence-electron chi connectivity index (χ2n) is 6.91. The third kappa shape index (κ3) is 9.61. The van der Waals surface area contributed by atoms with Gasteiger partial charge in [0, 0.05) is 25.6 Å². The Morgan fingerprint density at radius 1 is 1.06 bits per heavy atom. The minimum atomic E-state index is -1.10. The van der Waals surface area contributed by atoms with Crippen LogP contribution in [0.25, 0.3) is 0 Å². The van der Waals surface area contributed by atoms with Gasteiger partial charge in [-0.15, -0.1) is 0 Å². The van der Waals surface area contributed by atoms with Gasteiger partial charge in [-0.3, -0.25) is 4.79 Å². The number of pyridine rings is 1. The van der Waals surface area contributed by atoms with Crippen molar-refractivity contribution < 1.29 is 24.2 Å². The molecule has 1 atom stereocenters. The van der Waals surface area contributed by atoms with Gasteiger partial charge in [-0.05, 0) is 46.0 Å². The van der Waals surface area contributed by atoms with E-state index in [0.29, 0.717) is 29.6 Å². The van der Waals surface area contributed by atoms with Gasteiger partial charge in [-0.1, -0.05) is 42.8 Å². The fraction of sp³-hybridized carbons (Fsp3) is 0.364. The highest BCUT2D eigenvalue weighted by atomic mass is 79.9. The minimum absolute atomic E-state index is 0.143. The number of halogens is 1. The SMILES string of the molecule is O=C(CCCCCNC(=O)OCc1ccccc1)N[C@@H](Cc1cccnc1Br)C(=O)O. The van der Waals surface area contributed by atoms with Crippen LogP contribution < -0.4 is 10.6 Å². The van der Waals surface area contributed by atoms with Crippen molar-refractivity contribution in [2.45, 2.75) is 44.8 Å². The van der Waals surface area contributed by atoms with E-state index in [2.05, 4.69) is 31.5 Å². The maximum Gasteiger partial charge on any atom is 0.407 e. The molecule has 1 aromatic carbocycles. The summed E-state index contributed by atoms with van der Waals surface area (Å²) in [6, 6.07) is 11.9. The molecule has 9 heteroatoms. The van der Waals surface area contributed by atoms with Crippen LogP contribution in [0.15, 0.2) is 53.3 Å². The van der Waals surface area contributed by atoms with E-state index >= 15 is 0 Å². The zero-order chi connectivity index (χ0) is 22.5. The van der Waals surface area contributed by atoms with E-state index < -0.39 is 18.1 Å². The molecule has 1 heterocycles. The van der Waals surface area contributed by atoms with Crippen molar-refractivity contribution in [3.05, 3.63) is 64.4 Å². The van der Waals surface area contributed by atoms with Crippen LogP contribution >= 0.6 is 15.9 Å². The molecule has 0 radical (unpaired) electrons. The maximum atomic E-state index is 12.1. The molecule has 0 unspecified atom stereocenters. The highest BCUT2D eigenvalue weighted by molar-refractivity contribution is 9.10. The number of rotatable bonds is 12. The summed E-state index contributed by atoms with van der Waals surface area (Å²) in [4.78, 5) is 39.3. The highest BCUT2D eigenvalue weighted by Gasteiger charge is 2.21. The van der Waals surface area contributed by atoms with Crippen LogP contribution in [0.3, 0.4) is 0 Å². The summed E-state index contributed by atoms with van der Waals surface area (Å²) in [5.41, 5.74) is 1.62. The van der Waals surface area contributed by atoms with Crippen molar-refractivity contribution in [1.82, 2.24) is 15.6 Å². The molecule has 166 valence electrons. The number of aliphatic carboxylic acids is 1. The van der Waals surface area contributed by atoms with Crippen molar-refractivity contribution >= 4 is 33.9 Å². The molecule has 2 amide bonds. The van der Waals surface area contributed by atoms with Gasteiger partial charge in [0.15, 0.2) is 0 Å². The second kappa shape index (κ2) is 13.4. The molecular weight excluding hydrogens is 466 g/mol. The molecule has 2 rings (SSSR count). The fourth-order valence-electron chi connectivity index (χ4n) is 2.81. The number of nitrogens with one attached hydrogen (secondary N) is 2. The van der Waals surface area contributed by atoms with E-state index in [4.69, 9.17) is 4.74 Å². The molecule has 0 spiro atoms. The number of carboxylic acids is 1. The van der Waals surface area contributed by atoms with Crippen LogP contribution in [0, 0.1) is 0 Å². The van der Waals surface area contributed by atoms with Crippen LogP contribution in [-0.2, 0) is 27.4 Å². The Hall–Kier alpha value is -2.94. The average Bonchev–Trinajstić information content (AvgIpc) is 2.76. The van der Waals surface area contributed by atoms with Crippen LogP contribution in [0.2, 0.25) is 0 Å². The van der Waals surface area contributed by atoms with E-state index in [0.717, 1.165) is 12.0 Å². The molecule has 1 aromatic heterocycles. The Labute approximate surface area is 189 Å². The number of aromatic nitrogens is 1. The molecule has 0 aliphatic heterocycles. The number of alkyl carbamates (subject to hydrolysis) is 1. The number of hydrogen-bond donors (Lipinski definition) is 3. The predicted molar refractivity (Wildman–Crippen MR) is 118 cm³/mol. The van der Waals surface area contributed by atoms with Crippen LogP contribution in [0.1, 0.15) is 36.8 Å². The molecule has 0 saturated carbocycles. The smallest absolute Gasteiger partial charge is 0.407 e. The molecule has 0 saturated heterocycles. The quantitative estimate of drug-likeness (QED) is 0.309. The van der Waals surface area contributed by atoms with Gasteiger partial charge in [0.05, 0.1) is 0 Å². The number of carbonyl (C=O) groups is 3. The van der Waals surface area contributed by atoms with Crippen molar-refractivity contribution in [3.8, 4) is 0 Å². The van der Waals surface area contributed by atoms with E-state index in [-0.39, 0.29) is 25.4 Å². The van der Waals surface area contributed by atoms with Crippen LogP contribution in [0.4, 0.5) is 4.79 Å². The summed E-state index contributed by atoms with van der Waals surface area (Å²) in [5.74, 6) is -1.41. The van der Waals surface area contributed by atoms with Gasteiger partial charge in [0.2, 0.25) is 5.91 Å². The third-order valence-electron chi connectivity index (χ3n) is 4.46. The molecule has 0 fully saturated rings. The first-order chi connectivity index (χ1) is 15.0. The number of nitrogens with zero attached hydrogens (tertiary/aromatic N) is 1. The Kier molecular flexibility index (Phi) is 10.5. The van der Waals surface area contributed by atoms with E-state index in [1.54, 1.807) is 18.3 Å². The molecule has 8 nitrogen and oxygen atoms in total. The van der Waals surface area contributed by atoms with Crippen molar-refractivity contribution in [3.63, 3.8) is 0 Å². The van der Waals surface area contributed by atoms with Gasteiger partial charge in [-0.2, -0.15) is 0 Å². The first-order valence-corrected chi connectivity index (χ1v) is 10.8. The minimum Gasteiger partial charge on any atom is -0.480 e. The molecular formula is C22H26BrN3O5. The van der Waals surface area contributed by atoms with E-state index in [1.807, 2.05) is 30.3 Å². The lowest BCUT2D eigenvalue weighted by molar-refractivity contribution is -0.141. The lowest BCUT2D eigenvalue weighted by Crippen LogP contribution is -2.42. The number of carboxylic acid groups (broad SMARTS) is 1. The standard InChI is InChI=1S/C22H26BrN3O5/c23-20-17(10-7-13-24-20)14-18(21(28)29)26-19(27)11-5-2-6-12-25-22(30)31-15-16-8-3-1-4-9-16/h1,3-4,7-10,13,18H,2,5-6,11-12,14-15H2,(H,25,30)(H,26,27)(H,28,29)/t18-/m0/s1. The monoisotopic (exact) mass is 491 g/mol.